The van der Waals surface area contributed by atoms with Gasteiger partial charge in [-0.05, 0) is 26.8 Å². The van der Waals surface area contributed by atoms with E-state index >= 15 is 0 Å². The Balaban J connectivity index is 3.06. The van der Waals surface area contributed by atoms with Crippen molar-refractivity contribution in [3.05, 3.63) is 35.6 Å². The zero-order chi connectivity index (χ0) is 14.6. The first-order chi connectivity index (χ1) is 8.81. The van der Waals surface area contributed by atoms with E-state index < -0.39 is 23.5 Å². The van der Waals surface area contributed by atoms with E-state index in [2.05, 4.69) is 0 Å². The summed E-state index contributed by atoms with van der Waals surface area (Å²) in [6, 6.07) is 0. The summed E-state index contributed by atoms with van der Waals surface area (Å²) in [5.74, 6) is -0.874. The number of aliphatic hydroxyl groups excluding tert-OH is 1. The molecule has 0 radical (unpaired) electrons. The molecule has 0 spiro atoms. The van der Waals surface area contributed by atoms with Crippen molar-refractivity contribution in [1.82, 2.24) is 0 Å². The highest BCUT2D eigenvalue weighted by molar-refractivity contribution is 6.18. The van der Waals surface area contributed by atoms with Crippen LogP contribution in [-0.2, 0) is 19.1 Å². The van der Waals surface area contributed by atoms with E-state index in [0.717, 1.165) is 0 Å². The number of allylic oxidation sites excluding steroid dienone is 2. The van der Waals surface area contributed by atoms with Crippen molar-refractivity contribution < 1.29 is 24.2 Å². The minimum atomic E-state index is -1.10. The Labute approximate surface area is 112 Å². The van der Waals surface area contributed by atoms with Crippen molar-refractivity contribution in [3.8, 4) is 0 Å². The molecule has 0 aliphatic carbocycles. The second-order valence-electron chi connectivity index (χ2n) is 4.45. The van der Waals surface area contributed by atoms with E-state index in [0.29, 0.717) is 0 Å². The molecule has 0 aromatic rings. The van der Waals surface area contributed by atoms with Gasteiger partial charge in [0.2, 0.25) is 0 Å². The molecule has 0 aromatic heterocycles. The average molecular weight is 266 g/mol. The summed E-state index contributed by atoms with van der Waals surface area (Å²) >= 11 is 0. The number of carbonyl (C=O) groups excluding carboxylic acids is 2. The zero-order valence-corrected chi connectivity index (χ0v) is 11.5. The molecule has 1 aliphatic heterocycles. The van der Waals surface area contributed by atoms with Gasteiger partial charge in [-0.25, -0.2) is 4.79 Å². The second-order valence-corrected chi connectivity index (χ2v) is 4.45. The zero-order valence-electron chi connectivity index (χ0n) is 11.5. The molecule has 1 heterocycles. The fourth-order valence-electron chi connectivity index (χ4n) is 1.81. The van der Waals surface area contributed by atoms with Crippen LogP contribution in [0.2, 0.25) is 0 Å². The lowest BCUT2D eigenvalue weighted by Crippen LogP contribution is -2.25. The SMILES string of the molecule is COC1=C(C(C)=O)C(=O)OC1(C)C=CC=CC(C)O. The van der Waals surface area contributed by atoms with Gasteiger partial charge < -0.3 is 14.6 Å². The third-order valence-electron chi connectivity index (χ3n) is 2.66. The number of carbonyl (C=O) groups is 2. The van der Waals surface area contributed by atoms with Crippen molar-refractivity contribution in [1.29, 1.82) is 0 Å². The predicted octanol–water partition coefficient (Wildman–Crippen LogP) is 1.28. The van der Waals surface area contributed by atoms with Gasteiger partial charge in [-0.1, -0.05) is 18.2 Å². The minimum absolute atomic E-state index is 0.0610. The van der Waals surface area contributed by atoms with E-state index in [1.807, 2.05) is 0 Å². The highest BCUT2D eigenvalue weighted by atomic mass is 16.6. The van der Waals surface area contributed by atoms with E-state index in [1.165, 1.54) is 14.0 Å². The Kier molecular flexibility index (Phi) is 4.67. The van der Waals surface area contributed by atoms with Crippen LogP contribution < -0.4 is 0 Å². The molecule has 2 unspecified atom stereocenters. The molecule has 1 rings (SSSR count). The Bertz CT molecular complexity index is 470. The van der Waals surface area contributed by atoms with Gasteiger partial charge in [-0.15, -0.1) is 0 Å². The van der Waals surface area contributed by atoms with Crippen LogP contribution in [0, 0.1) is 0 Å². The quantitative estimate of drug-likeness (QED) is 0.461. The summed E-state index contributed by atoms with van der Waals surface area (Å²) < 4.78 is 10.3. The summed E-state index contributed by atoms with van der Waals surface area (Å²) in [5, 5.41) is 9.08. The van der Waals surface area contributed by atoms with Gasteiger partial charge in [0.15, 0.2) is 17.1 Å². The van der Waals surface area contributed by atoms with Crippen molar-refractivity contribution in [2.75, 3.05) is 7.11 Å². The van der Waals surface area contributed by atoms with Gasteiger partial charge in [-0.2, -0.15) is 0 Å². The normalized spacial score (nSPS) is 25.2. The van der Waals surface area contributed by atoms with Crippen LogP contribution in [-0.4, -0.2) is 35.7 Å². The summed E-state index contributed by atoms with van der Waals surface area (Å²) in [6.45, 7) is 4.54. The number of cyclic esters (lactones) is 1. The first kappa shape index (κ1) is 15.2. The maximum atomic E-state index is 11.7. The van der Waals surface area contributed by atoms with Crippen LogP contribution in [0.5, 0.6) is 0 Å². The predicted molar refractivity (Wildman–Crippen MR) is 69.2 cm³/mol. The van der Waals surface area contributed by atoms with E-state index in [4.69, 9.17) is 14.6 Å². The van der Waals surface area contributed by atoms with Crippen molar-refractivity contribution in [3.63, 3.8) is 0 Å². The fourth-order valence-corrected chi connectivity index (χ4v) is 1.81. The molecule has 0 fully saturated rings. The highest BCUT2D eigenvalue weighted by Crippen LogP contribution is 2.34. The molecule has 19 heavy (non-hydrogen) atoms. The van der Waals surface area contributed by atoms with Crippen LogP contribution in [0.4, 0.5) is 0 Å². The lowest BCUT2D eigenvalue weighted by atomic mass is 10.0. The Morgan fingerprint density at radius 2 is 2.11 bits per heavy atom. The highest BCUT2D eigenvalue weighted by Gasteiger charge is 2.45. The molecule has 0 amide bonds. The van der Waals surface area contributed by atoms with Gasteiger partial charge in [0.1, 0.15) is 5.57 Å². The molecule has 0 bridgehead atoms. The molecule has 1 aliphatic rings. The minimum Gasteiger partial charge on any atom is -0.495 e. The summed E-state index contributed by atoms with van der Waals surface area (Å²) in [4.78, 5) is 23.1. The van der Waals surface area contributed by atoms with Gasteiger partial charge in [0.05, 0.1) is 13.2 Å². The van der Waals surface area contributed by atoms with Gasteiger partial charge in [0, 0.05) is 0 Å². The molecule has 0 saturated heterocycles. The number of methoxy groups -OCH3 is 1. The summed E-state index contributed by atoms with van der Waals surface area (Å²) in [6.07, 6.45) is 5.86. The molecule has 104 valence electrons. The van der Waals surface area contributed by atoms with Gasteiger partial charge in [-0.3, -0.25) is 4.79 Å². The average Bonchev–Trinajstić information content (AvgIpc) is 2.55. The first-order valence-corrected chi connectivity index (χ1v) is 5.89. The topological polar surface area (TPSA) is 72.8 Å². The third-order valence-corrected chi connectivity index (χ3v) is 2.66. The lowest BCUT2D eigenvalue weighted by molar-refractivity contribution is -0.144. The first-order valence-electron chi connectivity index (χ1n) is 5.89. The van der Waals surface area contributed by atoms with Crippen molar-refractivity contribution in [2.45, 2.75) is 32.5 Å². The number of hydrogen-bond donors (Lipinski definition) is 1. The van der Waals surface area contributed by atoms with Crippen LogP contribution in [0.1, 0.15) is 20.8 Å². The number of ether oxygens (including phenoxy) is 2. The number of esters is 1. The van der Waals surface area contributed by atoms with Crippen LogP contribution in [0.25, 0.3) is 0 Å². The molecular weight excluding hydrogens is 248 g/mol. The van der Waals surface area contributed by atoms with Crippen LogP contribution >= 0.6 is 0 Å². The van der Waals surface area contributed by atoms with E-state index in [1.54, 1.807) is 38.2 Å². The number of aliphatic hydroxyl groups is 1. The lowest BCUT2D eigenvalue weighted by Gasteiger charge is -2.21. The summed E-state index contributed by atoms with van der Waals surface area (Å²) in [7, 11) is 1.39. The third kappa shape index (κ3) is 3.32. The largest absolute Gasteiger partial charge is 0.495 e. The standard InChI is InChI=1S/C14H18O5/c1-9(15)7-5-6-8-14(3)12(18-4)11(10(2)16)13(17)19-14/h5-9,15H,1-4H3. The van der Waals surface area contributed by atoms with Crippen molar-refractivity contribution in [2.24, 2.45) is 0 Å². The molecule has 2 atom stereocenters. The maximum Gasteiger partial charge on any atom is 0.346 e. The van der Waals surface area contributed by atoms with E-state index in [9.17, 15) is 9.59 Å². The maximum absolute atomic E-state index is 11.7. The molecule has 5 heteroatoms. The second kappa shape index (κ2) is 5.84. The molecule has 0 aromatic carbocycles. The fraction of sp³-hybridized carbons (Fsp3) is 0.429. The number of ketones is 1. The number of hydrogen-bond acceptors (Lipinski definition) is 5. The van der Waals surface area contributed by atoms with Gasteiger partial charge in [0.25, 0.3) is 0 Å². The number of Topliss-reactive ketones (excluding diaryl/α,β-unsaturated/α-hetero) is 1. The molecule has 1 N–H and O–H groups in total. The molecule has 0 saturated carbocycles. The number of rotatable bonds is 5. The Morgan fingerprint density at radius 1 is 1.47 bits per heavy atom. The Morgan fingerprint density at radius 3 is 2.58 bits per heavy atom. The molecular formula is C14H18O5. The van der Waals surface area contributed by atoms with Crippen molar-refractivity contribution >= 4 is 11.8 Å². The van der Waals surface area contributed by atoms with Crippen LogP contribution in [0.15, 0.2) is 35.6 Å². The van der Waals surface area contributed by atoms with Crippen LogP contribution in [0.3, 0.4) is 0 Å². The smallest absolute Gasteiger partial charge is 0.346 e. The van der Waals surface area contributed by atoms with E-state index in [-0.39, 0.29) is 11.3 Å². The molecule has 5 nitrogen and oxygen atoms in total. The summed E-state index contributed by atoms with van der Waals surface area (Å²) in [5.41, 5.74) is -1.16. The monoisotopic (exact) mass is 266 g/mol. The van der Waals surface area contributed by atoms with Gasteiger partial charge >= 0.3 is 5.97 Å². The Hall–Kier alpha value is -1.88.